The Morgan fingerprint density at radius 1 is 1.09 bits per heavy atom. The molecular weight excluding hydrogens is 474 g/mol. The summed E-state index contributed by atoms with van der Waals surface area (Å²) in [5.41, 5.74) is 3.58. The lowest BCUT2D eigenvalue weighted by Gasteiger charge is -2.21. The first-order valence-electron chi connectivity index (χ1n) is 12.0. The molecule has 0 radical (unpaired) electrons. The van der Waals surface area contributed by atoms with Crippen molar-refractivity contribution in [2.45, 2.75) is 46.6 Å². The SMILES string of the molecule is CCC(C)N1C(=O)C(=Cc2cn(-c3ccccc3)nc2-c2ccc(OCCC(C)C)cc2)SC1=S. The number of hydrogen-bond donors (Lipinski definition) is 0. The van der Waals surface area contributed by atoms with Gasteiger partial charge in [0.2, 0.25) is 0 Å². The lowest BCUT2D eigenvalue weighted by molar-refractivity contribution is -0.123. The van der Waals surface area contributed by atoms with Crippen molar-refractivity contribution >= 4 is 40.3 Å². The first-order chi connectivity index (χ1) is 16.9. The first-order valence-corrected chi connectivity index (χ1v) is 13.2. The summed E-state index contributed by atoms with van der Waals surface area (Å²) >= 11 is 6.87. The zero-order valence-electron chi connectivity index (χ0n) is 20.6. The van der Waals surface area contributed by atoms with E-state index in [0.29, 0.717) is 21.8 Å². The van der Waals surface area contributed by atoms with Crippen LogP contribution in [-0.4, -0.2) is 37.6 Å². The number of ether oxygens (including phenoxy) is 1. The average Bonchev–Trinajstić information content (AvgIpc) is 3.40. The number of benzene rings is 2. The van der Waals surface area contributed by atoms with Crippen LogP contribution in [-0.2, 0) is 4.79 Å². The Morgan fingerprint density at radius 2 is 1.80 bits per heavy atom. The highest BCUT2D eigenvalue weighted by atomic mass is 32.2. The summed E-state index contributed by atoms with van der Waals surface area (Å²) < 4.78 is 8.34. The Balaban J connectivity index is 1.68. The molecule has 182 valence electrons. The van der Waals surface area contributed by atoms with E-state index in [0.717, 1.165) is 41.1 Å². The maximum Gasteiger partial charge on any atom is 0.266 e. The molecule has 5 nitrogen and oxygen atoms in total. The van der Waals surface area contributed by atoms with Gasteiger partial charge in [0.1, 0.15) is 10.1 Å². The number of thioether (sulfide) groups is 1. The second kappa shape index (κ2) is 11.2. The summed E-state index contributed by atoms with van der Waals surface area (Å²) in [5.74, 6) is 1.40. The van der Waals surface area contributed by atoms with Crippen LogP contribution >= 0.6 is 24.0 Å². The molecule has 7 heteroatoms. The second-order valence-electron chi connectivity index (χ2n) is 9.08. The van der Waals surface area contributed by atoms with Gasteiger partial charge in [-0.05, 0) is 68.2 Å². The lowest BCUT2D eigenvalue weighted by atomic mass is 10.1. The zero-order valence-corrected chi connectivity index (χ0v) is 22.2. The van der Waals surface area contributed by atoms with Crippen molar-refractivity contribution in [3.63, 3.8) is 0 Å². The highest BCUT2D eigenvalue weighted by Gasteiger charge is 2.35. The fourth-order valence-corrected chi connectivity index (χ4v) is 5.19. The second-order valence-corrected chi connectivity index (χ2v) is 10.8. The molecule has 1 atom stereocenters. The average molecular weight is 506 g/mol. The number of aromatic nitrogens is 2. The van der Waals surface area contributed by atoms with Crippen molar-refractivity contribution in [2.24, 2.45) is 5.92 Å². The molecule has 1 saturated heterocycles. The van der Waals surface area contributed by atoms with Gasteiger partial charge < -0.3 is 4.74 Å². The van der Waals surface area contributed by atoms with E-state index < -0.39 is 0 Å². The van der Waals surface area contributed by atoms with Crippen molar-refractivity contribution in [1.29, 1.82) is 0 Å². The number of thiocarbonyl (C=S) groups is 1. The van der Waals surface area contributed by atoms with Crippen molar-refractivity contribution in [3.05, 3.63) is 71.3 Å². The third-order valence-corrected chi connectivity index (χ3v) is 7.33. The third-order valence-electron chi connectivity index (χ3n) is 6.00. The van der Waals surface area contributed by atoms with Crippen LogP contribution in [0.3, 0.4) is 0 Å². The van der Waals surface area contributed by atoms with E-state index in [1.807, 2.05) is 78.5 Å². The molecule has 0 bridgehead atoms. The van der Waals surface area contributed by atoms with Gasteiger partial charge in [0, 0.05) is 23.4 Å². The molecule has 1 aromatic heterocycles. The zero-order chi connectivity index (χ0) is 24.9. The van der Waals surface area contributed by atoms with Crippen LogP contribution < -0.4 is 4.74 Å². The summed E-state index contributed by atoms with van der Waals surface area (Å²) in [5, 5.41) is 4.89. The maximum atomic E-state index is 13.1. The number of hydrogen-bond acceptors (Lipinski definition) is 5. The highest BCUT2D eigenvalue weighted by molar-refractivity contribution is 8.26. The summed E-state index contributed by atoms with van der Waals surface area (Å²) in [6, 6.07) is 18.0. The van der Waals surface area contributed by atoms with Crippen LogP contribution in [0.1, 0.15) is 46.1 Å². The van der Waals surface area contributed by atoms with Gasteiger partial charge in [-0.25, -0.2) is 4.68 Å². The fourth-order valence-electron chi connectivity index (χ4n) is 3.74. The Hall–Kier alpha value is -2.90. The van der Waals surface area contributed by atoms with E-state index in [1.165, 1.54) is 11.8 Å². The minimum atomic E-state index is -0.0401. The van der Waals surface area contributed by atoms with Gasteiger partial charge in [0.15, 0.2) is 0 Å². The summed E-state index contributed by atoms with van der Waals surface area (Å²) in [6.45, 7) is 9.16. The molecular formula is C28H31N3O2S2. The molecule has 1 aliphatic heterocycles. The number of para-hydroxylation sites is 1. The summed E-state index contributed by atoms with van der Waals surface area (Å²) in [6.07, 6.45) is 5.74. The molecule has 1 amide bonds. The summed E-state index contributed by atoms with van der Waals surface area (Å²) in [7, 11) is 0. The number of carbonyl (C=O) groups excluding carboxylic acids is 1. The Labute approximate surface area is 217 Å². The molecule has 0 spiro atoms. The van der Waals surface area contributed by atoms with Gasteiger partial charge >= 0.3 is 0 Å². The predicted octanol–water partition coefficient (Wildman–Crippen LogP) is 6.96. The monoisotopic (exact) mass is 505 g/mol. The molecule has 1 unspecified atom stereocenters. The number of amides is 1. The molecule has 2 heterocycles. The number of nitrogens with zero attached hydrogens (tertiary/aromatic N) is 3. The Morgan fingerprint density at radius 3 is 2.46 bits per heavy atom. The minimum Gasteiger partial charge on any atom is -0.494 e. The van der Waals surface area contributed by atoms with E-state index in [2.05, 4.69) is 20.8 Å². The van der Waals surface area contributed by atoms with Gasteiger partial charge in [0.05, 0.1) is 22.9 Å². The Kier molecular flexibility index (Phi) is 8.08. The van der Waals surface area contributed by atoms with Crippen molar-refractivity contribution < 1.29 is 9.53 Å². The summed E-state index contributed by atoms with van der Waals surface area (Å²) in [4.78, 5) is 15.5. The van der Waals surface area contributed by atoms with E-state index in [9.17, 15) is 4.79 Å². The maximum absolute atomic E-state index is 13.1. The quantitative estimate of drug-likeness (QED) is 0.232. The van der Waals surface area contributed by atoms with Gasteiger partial charge in [-0.2, -0.15) is 5.10 Å². The lowest BCUT2D eigenvalue weighted by Crippen LogP contribution is -2.36. The van der Waals surface area contributed by atoms with Crippen LogP contribution in [0.15, 0.2) is 65.7 Å². The van der Waals surface area contributed by atoms with Crippen LogP contribution in [0.2, 0.25) is 0 Å². The fraction of sp³-hybridized carbons (Fsp3) is 0.321. The molecule has 2 aromatic carbocycles. The molecule has 0 N–H and O–H groups in total. The molecule has 1 aliphatic rings. The molecule has 0 aliphatic carbocycles. The van der Waals surface area contributed by atoms with Crippen LogP contribution in [0.5, 0.6) is 5.75 Å². The number of carbonyl (C=O) groups is 1. The topological polar surface area (TPSA) is 47.4 Å². The smallest absolute Gasteiger partial charge is 0.266 e. The normalized spacial score (nSPS) is 15.9. The van der Waals surface area contributed by atoms with E-state index >= 15 is 0 Å². The van der Waals surface area contributed by atoms with Gasteiger partial charge in [-0.15, -0.1) is 0 Å². The molecule has 1 fully saturated rings. The number of rotatable bonds is 9. The van der Waals surface area contributed by atoms with E-state index in [4.69, 9.17) is 22.1 Å². The molecule has 35 heavy (non-hydrogen) atoms. The Bertz CT molecular complexity index is 1220. The minimum absolute atomic E-state index is 0.0401. The van der Waals surface area contributed by atoms with Crippen LogP contribution in [0.4, 0.5) is 0 Å². The van der Waals surface area contributed by atoms with Gasteiger partial charge in [-0.1, -0.05) is 63.0 Å². The van der Waals surface area contributed by atoms with E-state index in [-0.39, 0.29) is 11.9 Å². The van der Waals surface area contributed by atoms with Gasteiger partial charge in [-0.3, -0.25) is 9.69 Å². The van der Waals surface area contributed by atoms with Crippen molar-refractivity contribution in [2.75, 3.05) is 6.61 Å². The van der Waals surface area contributed by atoms with Crippen LogP contribution in [0, 0.1) is 5.92 Å². The first kappa shape index (κ1) is 25.2. The largest absolute Gasteiger partial charge is 0.494 e. The van der Waals surface area contributed by atoms with Crippen molar-refractivity contribution in [1.82, 2.24) is 14.7 Å². The van der Waals surface area contributed by atoms with E-state index in [1.54, 1.807) is 4.90 Å². The van der Waals surface area contributed by atoms with Crippen molar-refractivity contribution in [3.8, 4) is 22.7 Å². The third kappa shape index (κ3) is 5.85. The van der Waals surface area contributed by atoms with Gasteiger partial charge in [0.25, 0.3) is 5.91 Å². The molecule has 4 rings (SSSR count). The molecule has 3 aromatic rings. The standard InChI is InChI=1S/C28H31N3O2S2/c1-5-20(4)31-27(32)25(35-28(31)34)17-22-18-30(23-9-7-6-8-10-23)29-26(22)21-11-13-24(14-12-21)33-16-15-19(2)3/h6-14,17-20H,5,15-16H2,1-4H3. The van der Waals surface area contributed by atoms with Crippen LogP contribution in [0.25, 0.3) is 23.0 Å². The highest BCUT2D eigenvalue weighted by Crippen LogP contribution is 2.36. The molecule has 0 saturated carbocycles. The predicted molar refractivity (Wildman–Crippen MR) is 149 cm³/mol.